The van der Waals surface area contributed by atoms with Crippen LogP contribution in [0, 0.1) is 0 Å². The molecule has 0 bridgehead atoms. The number of hydrogen-bond donors (Lipinski definition) is 0. The summed E-state index contributed by atoms with van der Waals surface area (Å²) in [6.45, 7) is 6.70. The Hall–Kier alpha value is -2.99. The third-order valence-corrected chi connectivity index (χ3v) is 5.44. The smallest absolute Gasteiger partial charge is 0.275 e. The van der Waals surface area contributed by atoms with Crippen LogP contribution in [-0.4, -0.2) is 58.2 Å². The maximum atomic E-state index is 13.3. The van der Waals surface area contributed by atoms with Crippen molar-refractivity contribution in [3.05, 3.63) is 76.2 Å². The van der Waals surface area contributed by atoms with E-state index in [1.807, 2.05) is 53.4 Å². The summed E-state index contributed by atoms with van der Waals surface area (Å²) >= 11 is 0. The molecular formula is C23H26N4O2. The molecule has 6 nitrogen and oxygen atoms in total. The lowest BCUT2D eigenvalue weighted by Gasteiger charge is -2.34. The van der Waals surface area contributed by atoms with Gasteiger partial charge in [0.2, 0.25) is 0 Å². The van der Waals surface area contributed by atoms with E-state index in [4.69, 9.17) is 0 Å². The minimum absolute atomic E-state index is 0.0980. The zero-order valence-electron chi connectivity index (χ0n) is 16.8. The Morgan fingerprint density at radius 1 is 0.931 bits per heavy atom. The fraction of sp³-hybridized carbons (Fsp3) is 0.348. The van der Waals surface area contributed by atoms with E-state index in [0.717, 1.165) is 31.6 Å². The average molecular weight is 390 g/mol. The predicted molar refractivity (Wildman–Crippen MR) is 114 cm³/mol. The quantitative estimate of drug-likeness (QED) is 0.672. The first-order valence-electron chi connectivity index (χ1n) is 10.2. The zero-order valence-corrected chi connectivity index (χ0v) is 16.8. The second-order valence-corrected chi connectivity index (χ2v) is 7.48. The lowest BCUT2D eigenvalue weighted by Crippen LogP contribution is -2.49. The molecule has 29 heavy (non-hydrogen) atoms. The zero-order chi connectivity index (χ0) is 20.2. The number of rotatable bonds is 5. The molecule has 1 aliphatic rings. The highest BCUT2D eigenvalue weighted by Crippen LogP contribution is 2.17. The van der Waals surface area contributed by atoms with Crippen LogP contribution in [-0.2, 0) is 6.54 Å². The van der Waals surface area contributed by atoms with Crippen LogP contribution in [0.1, 0.15) is 29.4 Å². The van der Waals surface area contributed by atoms with Crippen LogP contribution >= 0.6 is 0 Å². The molecule has 0 unspecified atom stereocenters. The summed E-state index contributed by atoms with van der Waals surface area (Å²) in [5.41, 5.74) is 1.16. The molecule has 2 heterocycles. The van der Waals surface area contributed by atoms with E-state index in [0.29, 0.717) is 36.1 Å². The Bertz CT molecular complexity index is 1050. The van der Waals surface area contributed by atoms with Gasteiger partial charge >= 0.3 is 0 Å². The van der Waals surface area contributed by atoms with Gasteiger partial charge in [0.15, 0.2) is 5.69 Å². The highest BCUT2D eigenvalue weighted by molar-refractivity contribution is 6.04. The monoisotopic (exact) mass is 390 g/mol. The van der Waals surface area contributed by atoms with Gasteiger partial charge in [0.25, 0.3) is 11.5 Å². The summed E-state index contributed by atoms with van der Waals surface area (Å²) in [7, 11) is 0. The van der Waals surface area contributed by atoms with E-state index in [-0.39, 0.29) is 11.5 Å². The molecule has 1 aliphatic heterocycles. The van der Waals surface area contributed by atoms with Gasteiger partial charge in [-0.05, 0) is 24.6 Å². The third kappa shape index (κ3) is 4.07. The maximum absolute atomic E-state index is 13.3. The Balaban J connectivity index is 1.69. The van der Waals surface area contributed by atoms with Crippen LogP contribution < -0.4 is 5.56 Å². The highest BCUT2D eigenvalue weighted by atomic mass is 16.2. The van der Waals surface area contributed by atoms with Crippen molar-refractivity contribution in [3.8, 4) is 0 Å². The van der Waals surface area contributed by atoms with Crippen LogP contribution in [0.3, 0.4) is 0 Å². The second-order valence-electron chi connectivity index (χ2n) is 7.48. The molecule has 3 aromatic rings. The summed E-state index contributed by atoms with van der Waals surface area (Å²) < 4.78 is 1.41. The number of aromatic nitrogens is 2. The Morgan fingerprint density at radius 2 is 1.59 bits per heavy atom. The van der Waals surface area contributed by atoms with Crippen LogP contribution in [0.5, 0.6) is 0 Å². The summed E-state index contributed by atoms with van der Waals surface area (Å²) in [5, 5.41) is 5.69. The van der Waals surface area contributed by atoms with Gasteiger partial charge in [0, 0.05) is 31.6 Å². The van der Waals surface area contributed by atoms with Crippen LogP contribution in [0.25, 0.3) is 10.8 Å². The van der Waals surface area contributed by atoms with Crippen molar-refractivity contribution in [1.29, 1.82) is 0 Å². The molecule has 6 heteroatoms. The Kier molecular flexibility index (Phi) is 5.71. The average Bonchev–Trinajstić information content (AvgIpc) is 2.77. The Labute approximate surface area is 170 Å². The number of benzene rings is 2. The van der Waals surface area contributed by atoms with Crippen molar-refractivity contribution in [2.75, 3.05) is 32.7 Å². The number of fused-ring (bicyclic) bond motifs is 1. The molecule has 0 spiro atoms. The number of carbonyl (C=O) groups excluding carboxylic acids is 1. The summed E-state index contributed by atoms with van der Waals surface area (Å²) in [5.74, 6) is -0.0980. The van der Waals surface area contributed by atoms with E-state index in [9.17, 15) is 9.59 Å². The summed E-state index contributed by atoms with van der Waals surface area (Å²) in [6, 6.07) is 17.0. The molecule has 1 aromatic heterocycles. The van der Waals surface area contributed by atoms with Gasteiger partial charge in [-0.25, -0.2) is 4.68 Å². The van der Waals surface area contributed by atoms with E-state index in [1.54, 1.807) is 6.07 Å². The molecule has 1 saturated heterocycles. The molecule has 0 atom stereocenters. The third-order valence-electron chi connectivity index (χ3n) is 5.44. The van der Waals surface area contributed by atoms with Crippen molar-refractivity contribution < 1.29 is 4.79 Å². The van der Waals surface area contributed by atoms with Gasteiger partial charge in [-0.15, -0.1) is 0 Å². The van der Waals surface area contributed by atoms with E-state index in [1.165, 1.54) is 4.68 Å². The van der Waals surface area contributed by atoms with Crippen LogP contribution in [0.4, 0.5) is 0 Å². The standard InChI is InChI=1S/C23H26N4O2/c1-2-12-25-13-15-26(16-14-25)23(29)21-19-10-6-7-11-20(19)22(28)27(24-21)17-18-8-4-3-5-9-18/h3-11H,2,12-17H2,1H3. The minimum Gasteiger partial charge on any atom is -0.335 e. The van der Waals surface area contributed by atoms with Crippen molar-refractivity contribution in [2.24, 2.45) is 0 Å². The van der Waals surface area contributed by atoms with E-state index >= 15 is 0 Å². The van der Waals surface area contributed by atoms with Gasteiger partial charge in [-0.1, -0.05) is 55.5 Å². The fourth-order valence-corrected chi connectivity index (χ4v) is 3.90. The van der Waals surface area contributed by atoms with Crippen LogP contribution in [0.15, 0.2) is 59.4 Å². The molecule has 0 aliphatic carbocycles. The van der Waals surface area contributed by atoms with Gasteiger partial charge in [0.1, 0.15) is 0 Å². The minimum atomic E-state index is -0.172. The largest absolute Gasteiger partial charge is 0.335 e. The molecule has 2 aromatic carbocycles. The molecular weight excluding hydrogens is 364 g/mol. The normalized spacial score (nSPS) is 15.0. The van der Waals surface area contributed by atoms with Crippen molar-refractivity contribution >= 4 is 16.7 Å². The highest BCUT2D eigenvalue weighted by Gasteiger charge is 2.25. The number of carbonyl (C=O) groups is 1. The number of amides is 1. The number of nitrogens with zero attached hydrogens (tertiary/aromatic N) is 4. The number of hydrogen-bond acceptors (Lipinski definition) is 4. The second kappa shape index (κ2) is 8.57. The first-order valence-corrected chi connectivity index (χ1v) is 10.2. The lowest BCUT2D eigenvalue weighted by molar-refractivity contribution is 0.0631. The predicted octanol–water partition coefficient (Wildman–Crippen LogP) is 2.61. The van der Waals surface area contributed by atoms with E-state index in [2.05, 4.69) is 16.9 Å². The fourth-order valence-electron chi connectivity index (χ4n) is 3.90. The van der Waals surface area contributed by atoms with E-state index < -0.39 is 0 Å². The summed E-state index contributed by atoms with van der Waals surface area (Å²) in [6.07, 6.45) is 1.12. The van der Waals surface area contributed by atoms with Crippen molar-refractivity contribution in [2.45, 2.75) is 19.9 Å². The van der Waals surface area contributed by atoms with Crippen molar-refractivity contribution in [1.82, 2.24) is 19.6 Å². The number of piperazine rings is 1. The molecule has 150 valence electrons. The van der Waals surface area contributed by atoms with Gasteiger partial charge < -0.3 is 4.90 Å². The van der Waals surface area contributed by atoms with Crippen molar-refractivity contribution in [3.63, 3.8) is 0 Å². The summed E-state index contributed by atoms with van der Waals surface area (Å²) in [4.78, 5) is 30.5. The Morgan fingerprint density at radius 3 is 2.28 bits per heavy atom. The van der Waals surface area contributed by atoms with Gasteiger partial charge in [-0.3, -0.25) is 14.5 Å². The molecule has 0 radical (unpaired) electrons. The molecule has 0 N–H and O–H groups in total. The molecule has 1 fully saturated rings. The topological polar surface area (TPSA) is 58.4 Å². The van der Waals surface area contributed by atoms with Gasteiger partial charge in [-0.2, -0.15) is 5.10 Å². The maximum Gasteiger partial charge on any atom is 0.275 e. The lowest BCUT2D eigenvalue weighted by atomic mass is 10.1. The molecule has 4 rings (SSSR count). The first kappa shape index (κ1) is 19.3. The van der Waals surface area contributed by atoms with Gasteiger partial charge in [0.05, 0.1) is 11.9 Å². The SMILES string of the molecule is CCCN1CCN(C(=O)c2nn(Cc3ccccc3)c(=O)c3ccccc23)CC1. The molecule has 0 saturated carbocycles. The molecule has 1 amide bonds. The van der Waals surface area contributed by atoms with Crippen LogP contribution in [0.2, 0.25) is 0 Å². The first-order chi connectivity index (χ1) is 14.2.